The third-order valence-electron chi connectivity index (χ3n) is 8.28. The summed E-state index contributed by atoms with van der Waals surface area (Å²) in [5, 5.41) is 9.63. The molecule has 0 aromatic heterocycles. The van der Waals surface area contributed by atoms with Crippen LogP contribution in [-0.4, -0.2) is 66.1 Å². The number of halogens is 3. The molecule has 2 fully saturated rings. The average Bonchev–Trinajstić information content (AvgIpc) is 3.76. The van der Waals surface area contributed by atoms with Crippen LogP contribution in [0.4, 0.5) is 13.2 Å². The summed E-state index contributed by atoms with van der Waals surface area (Å²) in [6, 6.07) is 14.2. The molecule has 0 aliphatic carbocycles. The van der Waals surface area contributed by atoms with Crippen LogP contribution in [0.15, 0.2) is 58.8 Å². The van der Waals surface area contributed by atoms with Crippen molar-refractivity contribution in [2.75, 3.05) is 26.2 Å². The second-order valence-electron chi connectivity index (χ2n) is 10.8. The lowest BCUT2D eigenvalue weighted by Gasteiger charge is -2.42. The van der Waals surface area contributed by atoms with Gasteiger partial charge in [0.1, 0.15) is 0 Å². The highest BCUT2D eigenvalue weighted by molar-refractivity contribution is 5.94. The molecule has 39 heavy (non-hydrogen) atoms. The summed E-state index contributed by atoms with van der Waals surface area (Å²) < 4.78 is 39.6. The SMILES string of the molecule is Cc1ccccc1CCC(=O)NC1CCN(C2CCN(C(=O)c3ccc(C4(C(F)(F)F)N=N4)cc3)CC2)CC1. The van der Waals surface area contributed by atoms with Crippen molar-refractivity contribution in [3.8, 4) is 0 Å². The second-order valence-corrected chi connectivity index (χ2v) is 10.8. The van der Waals surface area contributed by atoms with Crippen molar-refractivity contribution in [1.29, 1.82) is 0 Å². The van der Waals surface area contributed by atoms with Crippen LogP contribution in [-0.2, 0) is 16.9 Å². The van der Waals surface area contributed by atoms with E-state index < -0.39 is 11.8 Å². The lowest BCUT2D eigenvalue weighted by Crippen LogP contribution is -2.51. The van der Waals surface area contributed by atoms with Crippen molar-refractivity contribution in [3.05, 3.63) is 70.8 Å². The van der Waals surface area contributed by atoms with Crippen LogP contribution in [0.3, 0.4) is 0 Å². The number of piperidine rings is 2. The second kappa shape index (κ2) is 11.1. The molecule has 1 N–H and O–H groups in total. The van der Waals surface area contributed by atoms with Crippen molar-refractivity contribution in [3.63, 3.8) is 0 Å². The van der Waals surface area contributed by atoms with Gasteiger partial charge in [0.25, 0.3) is 5.91 Å². The van der Waals surface area contributed by atoms with E-state index in [0.29, 0.717) is 31.1 Å². The van der Waals surface area contributed by atoms with Crippen molar-refractivity contribution in [2.45, 2.75) is 69.4 Å². The van der Waals surface area contributed by atoms with Crippen molar-refractivity contribution < 1.29 is 22.8 Å². The summed E-state index contributed by atoms with van der Waals surface area (Å²) in [6.45, 7) is 5.12. The molecule has 0 saturated carbocycles. The number of nitrogens with one attached hydrogen (secondary N) is 1. The van der Waals surface area contributed by atoms with Gasteiger partial charge in [0.2, 0.25) is 5.91 Å². The summed E-state index contributed by atoms with van der Waals surface area (Å²) in [5.41, 5.74) is 0.253. The fraction of sp³-hybridized carbons (Fsp3) is 0.517. The molecule has 0 bridgehead atoms. The van der Waals surface area contributed by atoms with Gasteiger partial charge in [-0.3, -0.25) is 9.59 Å². The Balaban J connectivity index is 1.04. The average molecular weight is 542 g/mol. The van der Waals surface area contributed by atoms with Crippen LogP contribution < -0.4 is 5.32 Å². The number of hydrogen-bond acceptors (Lipinski definition) is 5. The largest absolute Gasteiger partial charge is 0.442 e. The zero-order valence-electron chi connectivity index (χ0n) is 22.1. The maximum Gasteiger partial charge on any atom is 0.442 e. The van der Waals surface area contributed by atoms with Gasteiger partial charge in [0.05, 0.1) is 0 Å². The van der Waals surface area contributed by atoms with Gasteiger partial charge in [-0.2, -0.15) is 13.2 Å². The number of alkyl halides is 3. The molecule has 3 aliphatic heterocycles. The molecular formula is C29H34F3N5O2. The Kier molecular flexibility index (Phi) is 7.75. The lowest BCUT2D eigenvalue weighted by molar-refractivity contribution is -0.166. The van der Waals surface area contributed by atoms with E-state index in [9.17, 15) is 22.8 Å². The van der Waals surface area contributed by atoms with Crippen LogP contribution in [0, 0.1) is 6.92 Å². The first-order chi connectivity index (χ1) is 18.7. The van der Waals surface area contributed by atoms with Gasteiger partial charge in [-0.15, -0.1) is 10.2 Å². The third kappa shape index (κ3) is 6.00. The molecule has 7 nitrogen and oxygen atoms in total. The number of rotatable bonds is 7. The fourth-order valence-electron chi connectivity index (χ4n) is 5.75. The first-order valence-corrected chi connectivity index (χ1v) is 13.6. The first kappa shape index (κ1) is 27.3. The minimum absolute atomic E-state index is 0.0730. The van der Waals surface area contributed by atoms with Gasteiger partial charge in [0, 0.05) is 55.8 Å². The van der Waals surface area contributed by atoms with E-state index in [0.717, 1.165) is 45.2 Å². The van der Waals surface area contributed by atoms with Crippen LogP contribution in [0.2, 0.25) is 0 Å². The molecule has 0 unspecified atom stereocenters. The Bertz CT molecular complexity index is 1210. The number of likely N-dealkylation sites (tertiary alicyclic amines) is 2. The summed E-state index contributed by atoms with van der Waals surface area (Å²) in [4.78, 5) is 29.7. The van der Waals surface area contributed by atoms with E-state index in [4.69, 9.17) is 0 Å². The van der Waals surface area contributed by atoms with E-state index in [1.54, 1.807) is 4.90 Å². The molecule has 208 valence electrons. The quantitative estimate of drug-likeness (QED) is 0.536. The van der Waals surface area contributed by atoms with Gasteiger partial charge in [-0.05, 0) is 62.3 Å². The molecule has 0 radical (unpaired) electrons. The molecular weight excluding hydrogens is 507 g/mol. The van der Waals surface area contributed by atoms with Gasteiger partial charge < -0.3 is 15.1 Å². The van der Waals surface area contributed by atoms with Crippen LogP contribution in [0.25, 0.3) is 0 Å². The highest BCUT2D eigenvalue weighted by atomic mass is 19.4. The van der Waals surface area contributed by atoms with Crippen LogP contribution >= 0.6 is 0 Å². The van der Waals surface area contributed by atoms with Gasteiger partial charge in [-0.25, -0.2) is 0 Å². The van der Waals surface area contributed by atoms with E-state index >= 15 is 0 Å². The topological polar surface area (TPSA) is 77.4 Å². The zero-order chi connectivity index (χ0) is 27.6. The third-order valence-corrected chi connectivity index (χ3v) is 8.28. The van der Waals surface area contributed by atoms with E-state index in [1.165, 1.54) is 35.4 Å². The Morgan fingerprint density at radius 3 is 2.18 bits per heavy atom. The number of hydrogen-bond donors (Lipinski definition) is 1. The summed E-state index contributed by atoms with van der Waals surface area (Å²) in [6.07, 6.45) is 0.201. The first-order valence-electron chi connectivity index (χ1n) is 13.6. The highest BCUT2D eigenvalue weighted by Gasteiger charge is 2.65. The van der Waals surface area contributed by atoms with E-state index in [2.05, 4.69) is 39.5 Å². The zero-order valence-corrected chi connectivity index (χ0v) is 22.1. The molecule has 3 aliphatic rings. The summed E-state index contributed by atoms with van der Waals surface area (Å²) >= 11 is 0. The monoisotopic (exact) mass is 541 g/mol. The number of aryl methyl sites for hydroxylation is 2. The summed E-state index contributed by atoms with van der Waals surface area (Å²) in [5.74, 6) is -0.0658. The number of nitrogens with zero attached hydrogens (tertiary/aromatic N) is 4. The van der Waals surface area contributed by atoms with E-state index in [-0.39, 0.29) is 23.4 Å². The fourth-order valence-corrected chi connectivity index (χ4v) is 5.75. The highest BCUT2D eigenvalue weighted by Crippen LogP contribution is 2.52. The molecule has 3 heterocycles. The maximum absolute atomic E-state index is 13.2. The Morgan fingerprint density at radius 2 is 1.59 bits per heavy atom. The van der Waals surface area contributed by atoms with Gasteiger partial charge in [-0.1, -0.05) is 36.4 Å². The number of carbonyl (C=O) groups excluding carboxylic acids is 2. The molecule has 2 aromatic carbocycles. The maximum atomic E-state index is 13.2. The van der Waals surface area contributed by atoms with Crippen LogP contribution in [0.5, 0.6) is 0 Å². The molecule has 10 heteroatoms. The standard InChI is InChI=1S/C29H34F3N5O2/c1-20-4-2-3-5-21(20)8-11-26(38)33-24-12-16-36(17-13-24)25-14-18-37(19-15-25)27(39)22-6-9-23(10-7-22)28(34-35-28)29(30,31)32/h2-7,9-10,24-25H,8,11-19H2,1H3,(H,33,38). The molecule has 0 spiro atoms. The smallest absolute Gasteiger partial charge is 0.353 e. The molecule has 2 aromatic rings. The van der Waals surface area contributed by atoms with Crippen molar-refractivity contribution in [2.24, 2.45) is 10.2 Å². The van der Waals surface area contributed by atoms with Gasteiger partial charge >= 0.3 is 11.8 Å². The Hall–Kier alpha value is -3.27. The predicted molar refractivity (Wildman–Crippen MR) is 140 cm³/mol. The summed E-state index contributed by atoms with van der Waals surface area (Å²) in [7, 11) is 0. The number of carbonyl (C=O) groups is 2. The molecule has 5 rings (SSSR count). The molecule has 0 atom stereocenters. The van der Waals surface area contributed by atoms with Crippen LogP contribution in [0.1, 0.15) is 59.2 Å². The predicted octanol–water partition coefficient (Wildman–Crippen LogP) is 4.99. The molecule has 2 amide bonds. The van der Waals surface area contributed by atoms with E-state index in [1.807, 2.05) is 12.1 Å². The minimum atomic E-state index is -4.58. The molecule has 2 saturated heterocycles. The van der Waals surface area contributed by atoms with Crippen molar-refractivity contribution in [1.82, 2.24) is 15.1 Å². The number of amides is 2. The van der Waals surface area contributed by atoms with Gasteiger partial charge in [0.15, 0.2) is 0 Å². The normalized spacial score (nSPS) is 20.2. The van der Waals surface area contributed by atoms with Crippen molar-refractivity contribution >= 4 is 11.8 Å². The Labute approximate surface area is 226 Å². The lowest BCUT2D eigenvalue weighted by atomic mass is 9.96. The minimum Gasteiger partial charge on any atom is -0.353 e. The Morgan fingerprint density at radius 1 is 0.949 bits per heavy atom. The number of benzene rings is 2.